The van der Waals surface area contributed by atoms with Crippen LogP contribution in [0.3, 0.4) is 0 Å². The highest BCUT2D eigenvalue weighted by molar-refractivity contribution is 5.73. The SMILES string of the molecule is O=C(O)CCCCNC(=O)NCc1cccnn1. The standard InChI is InChI=1S/C11H16N4O3/c16-10(17)5-1-2-6-12-11(18)13-8-9-4-3-7-14-15-9/h3-4,7H,1-2,5-6,8H2,(H,16,17)(H2,12,13,18). The lowest BCUT2D eigenvalue weighted by Crippen LogP contribution is -2.35. The Kier molecular flexibility index (Phi) is 6.16. The van der Waals surface area contributed by atoms with Gasteiger partial charge in [-0.1, -0.05) is 0 Å². The molecule has 1 heterocycles. The molecule has 0 saturated carbocycles. The van der Waals surface area contributed by atoms with Gasteiger partial charge in [-0.3, -0.25) is 4.79 Å². The van der Waals surface area contributed by atoms with E-state index < -0.39 is 5.97 Å². The number of nitrogens with one attached hydrogen (secondary N) is 2. The first-order chi connectivity index (χ1) is 8.68. The lowest BCUT2D eigenvalue weighted by Gasteiger charge is -2.06. The summed E-state index contributed by atoms with van der Waals surface area (Å²) in [6, 6.07) is 3.21. The summed E-state index contributed by atoms with van der Waals surface area (Å²) in [5.74, 6) is -0.817. The monoisotopic (exact) mass is 252 g/mol. The van der Waals surface area contributed by atoms with Gasteiger partial charge in [0, 0.05) is 19.2 Å². The van der Waals surface area contributed by atoms with Crippen molar-refractivity contribution in [2.75, 3.05) is 6.54 Å². The van der Waals surface area contributed by atoms with Crippen molar-refractivity contribution in [2.24, 2.45) is 0 Å². The molecule has 0 aliphatic carbocycles. The van der Waals surface area contributed by atoms with Crippen molar-refractivity contribution in [1.29, 1.82) is 0 Å². The van der Waals surface area contributed by atoms with E-state index in [0.29, 0.717) is 31.6 Å². The van der Waals surface area contributed by atoms with E-state index in [0.717, 1.165) is 0 Å². The topological polar surface area (TPSA) is 104 Å². The van der Waals surface area contributed by atoms with Gasteiger partial charge in [0.1, 0.15) is 0 Å². The Bertz CT molecular complexity index is 383. The minimum absolute atomic E-state index is 0.128. The number of carbonyl (C=O) groups excluding carboxylic acids is 1. The number of carbonyl (C=O) groups is 2. The van der Waals surface area contributed by atoms with Crippen molar-refractivity contribution in [1.82, 2.24) is 20.8 Å². The summed E-state index contributed by atoms with van der Waals surface area (Å²) >= 11 is 0. The first kappa shape index (κ1) is 13.9. The van der Waals surface area contributed by atoms with Crippen LogP contribution in [0, 0.1) is 0 Å². The van der Waals surface area contributed by atoms with Crippen molar-refractivity contribution in [2.45, 2.75) is 25.8 Å². The second-order valence-electron chi connectivity index (χ2n) is 3.68. The summed E-state index contributed by atoms with van der Waals surface area (Å²) in [6.45, 7) is 0.772. The molecule has 0 atom stereocenters. The number of unbranched alkanes of at least 4 members (excludes halogenated alkanes) is 1. The number of aliphatic carboxylic acids is 1. The number of carboxylic acids is 1. The van der Waals surface area contributed by atoms with E-state index in [9.17, 15) is 9.59 Å². The summed E-state index contributed by atoms with van der Waals surface area (Å²) in [5.41, 5.74) is 0.679. The number of nitrogens with zero attached hydrogens (tertiary/aromatic N) is 2. The molecule has 0 aliphatic heterocycles. The predicted molar refractivity (Wildman–Crippen MR) is 63.8 cm³/mol. The summed E-state index contributed by atoms with van der Waals surface area (Å²) in [4.78, 5) is 21.6. The molecule has 1 rings (SSSR count). The van der Waals surface area contributed by atoms with Gasteiger partial charge in [-0.05, 0) is 25.0 Å². The first-order valence-corrected chi connectivity index (χ1v) is 5.68. The molecule has 1 aromatic heterocycles. The van der Waals surface area contributed by atoms with Gasteiger partial charge in [0.25, 0.3) is 0 Å². The van der Waals surface area contributed by atoms with Crippen LogP contribution in [0.4, 0.5) is 4.79 Å². The van der Waals surface area contributed by atoms with Crippen LogP contribution < -0.4 is 10.6 Å². The van der Waals surface area contributed by atoms with Crippen molar-refractivity contribution in [3.63, 3.8) is 0 Å². The fourth-order valence-corrected chi connectivity index (χ4v) is 1.26. The Morgan fingerprint density at radius 1 is 1.28 bits per heavy atom. The van der Waals surface area contributed by atoms with Gasteiger partial charge in [-0.2, -0.15) is 10.2 Å². The summed E-state index contributed by atoms with van der Waals surface area (Å²) in [7, 11) is 0. The van der Waals surface area contributed by atoms with Crippen LogP contribution in [-0.4, -0.2) is 33.8 Å². The highest BCUT2D eigenvalue weighted by Gasteiger charge is 2.01. The van der Waals surface area contributed by atoms with E-state index >= 15 is 0 Å². The van der Waals surface area contributed by atoms with E-state index in [-0.39, 0.29) is 12.5 Å². The van der Waals surface area contributed by atoms with Gasteiger partial charge in [0.15, 0.2) is 0 Å². The van der Waals surface area contributed by atoms with Crippen molar-refractivity contribution in [3.05, 3.63) is 24.0 Å². The van der Waals surface area contributed by atoms with Crippen molar-refractivity contribution < 1.29 is 14.7 Å². The third-order valence-corrected chi connectivity index (χ3v) is 2.16. The Morgan fingerprint density at radius 2 is 2.11 bits per heavy atom. The maximum absolute atomic E-state index is 11.3. The molecule has 0 spiro atoms. The number of carboxylic acid groups (broad SMARTS) is 1. The Balaban J connectivity index is 2.06. The molecule has 7 heteroatoms. The summed E-state index contributed by atoms with van der Waals surface area (Å²) < 4.78 is 0. The average molecular weight is 252 g/mol. The number of aromatic nitrogens is 2. The summed E-state index contributed by atoms with van der Waals surface area (Å²) in [6.07, 6.45) is 2.89. The van der Waals surface area contributed by atoms with Crippen LogP contribution in [0.25, 0.3) is 0 Å². The van der Waals surface area contributed by atoms with Crippen molar-refractivity contribution in [3.8, 4) is 0 Å². The molecule has 0 saturated heterocycles. The van der Waals surface area contributed by atoms with Gasteiger partial charge in [0.2, 0.25) is 0 Å². The third kappa shape index (κ3) is 6.41. The maximum Gasteiger partial charge on any atom is 0.315 e. The zero-order chi connectivity index (χ0) is 13.2. The summed E-state index contributed by atoms with van der Waals surface area (Å²) in [5, 5.41) is 21.2. The Morgan fingerprint density at radius 3 is 2.78 bits per heavy atom. The van der Waals surface area contributed by atoms with Gasteiger partial charge < -0.3 is 15.7 Å². The van der Waals surface area contributed by atoms with Gasteiger partial charge in [-0.15, -0.1) is 0 Å². The zero-order valence-electron chi connectivity index (χ0n) is 9.93. The maximum atomic E-state index is 11.3. The predicted octanol–water partition coefficient (Wildman–Crippen LogP) is 0.531. The fraction of sp³-hybridized carbons (Fsp3) is 0.455. The first-order valence-electron chi connectivity index (χ1n) is 5.68. The van der Waals surface area contributed by atoms with Crippen LogP contribution >= 0.6 is 0 Å². The lowest BCUT2D eigenvalue weighted by molar-refractivity contribution is -0.137. The Labute approximate surface area is 105 Å². The minimum atomic E-state index is -0.817. The lowest BCUT2D eigenvalue weighted by atomic mass is 10.2. The van der Waals surface area contributed by atoms with Crippen LogP contribution in [0.1, 0.15) is 25.0 Å². The second kappa shape index (κ2) is 7.99. The fourth-order valence-electron chi connectivity index (χ4n) is 1.26. The molecule has 98 valence electrons. The highest BCUT2D eigenvalue weighted by atomic mass is 16.4. The van der Waals surface area contributed by atoms with E-state index in [1.54, 1.807) is 18.3 Å². The molecular weight excluding hydrogens is 236 g/mol. The molecule has 0 aliphatic rings. The molecule has 0 bridgehead atoms. The minimum Gasteiger partial charge on any atom is -0.481 e. The van der Waals surface area contributed by atoms with Crippen LogP contribution in [-0.2, 0) is 11.3 Å². The van der Waals surface area contributed by atoms with Crippen molar-refractivity contribution >= 4 is 12.0 Å². The molecule has 0 radical (unpaired) electrons. The molecule has 1 aromatic rings. The number of hydrogen-bond donors (Lipinski definition) is 3. The molecular formula is C11H16N4O3. The largest absolute Gasteiger partial charge is 0.481 e. The highest BCUT2D eigenvalue weighted by Crippen LogP contribution is 1.93. The Hall–Kier alpha value is -2.18. The number of hydrogen-bond acceptors (Lipinski definition) is 4. The van der Waals surface area contributed by atoms with E-state index in [4.69, 9.17) is 5.11 Å². The molecule has 3 N–H and O–H groups in total. The molecule has 2 amide bonds. The van der Waals surface area contributed by atoms with Gasteiger partial charge in [0.05, 0.1) is 12.2 Å². The van der Waals surface area contributed by atoms with Crippen LogP contribution in [0.15, 0.2) is 18.3 Å². The van der Waals surface area contributed by atoms with Gasteiger partial charge in [-0.25, -0.2) is 4.79 Å². The van der Waals surface area contributed by atoms with Gasteiger partial charge >= 0.3 is 12.0 Å². The van der Waals surface area contributed by atoms with Crippen LogP contribution in [0.5, 0.6) is 0 Å². The van der Waals surface area contributed by atoms with E-state index in [1.165, 1.54) is 0 Å². The zero-order valence-corrected chi connectivity index (χ0v) is 9.93. The quantitative estimate of drug-likeness (QED) is 0.614. The third-order valence-electron chi connectivity index (χ3n) is 2.16. The number of urea groups is 1. The smallest absolute Gasteiger partial charge is 0.315 e. The normalized spacial score (nSPS) is 9.78. The average Bonchev–Trinajstić information content (AvgIpc) is 2.37. The number of rotatable bonds is 7. The molecule has 18 heavy (non-hydrogen) atoms. The van der Waals surface area contributed by atoms with E-state index in [1.807, 2.05) is 0 Å². The molecule has 0 fully saturated rings. The number of amides is 2. The van der Waals surface area contributed by atoms with Crippen LogP contribution in [0.2, 0.25) is 0 Å². The molecule has 0 unspecified atom stereocenters. The molecule has 0 aromatic carbocycles. The van der Waals surface area contributed by atoms with E-state index in [2.05, 4.69) is 20.8 Å². The molecule has 7 nitrogen and oxygen atoms in total. The second-order valence-corrected chi connectivity index (χ2v) is 3.68.